The zero-order valence-electron chi connectivity index (χ0n) is 15.0. The van der Waals surface area contributed by atoms with Crippen molar-refractivity contribution in [2.75, 3.05) is 11.9 Å². The Morgan fingerprint density at radius 2 is 1.62 bits per heavy atom. The standard InChI is InChI=1S/C22H15BrFNO4/c23-19-10-12(9-17(20(19)24)21(26)27)25-22(28)29-11-18-15-7-3-1-5-13(15)14-6-2-4-8-16(14)18/h1-10,18H,11H2,(H,25,28)(H,26,27). The average molecular weight is 456 g/mol. The zero-order chi connectivity index (χ0) is 20.5. The number of amides is 1. The first-order valence-electron chi connectivity index (χ1n) is 8.80. The first kappa shape index (κ1) is 19.1. The molecule has 0 spiro atoms. The van der Waals surface area contributed by atoms with E-state index in [9.17, 15) is 14.0 Å². The maximum Gasteiger partial charge on any atom is 0.411 e. The van der Waals surface area contributed by atoms with Crippen LogP contribution in [0, 0.1) is 5.82 Å². The van der Waals surface area contributed by atoms with Gasteiger partial charge in [-0.25, -0.2) is 14.0 Å². The van der Waals surface area contributed by atoms with Crippen molar-refractivity contribution in [3.05, 3.63) is 87.6 Å². The highest BCUT2D eigenvalue weighted by Crippen LogP contribution is 2.44. The van der Waals surface area contributed by atoms with Crippen LogP contribution < -0.4 is 5.32 Å². The van der Waals surface area contributed by atoms with Crippen LogP contribution in [0.5, 0.6) is 0 Å². The third-order valence-electron chi connectivity index (χ3n) is 4.85. The zero-order valence-corrected chi connectivity index (χ0v) is 16.6. The number of nitrogens with one attached hydrogen (secondary N) is 1. The Labute approximate surface area is 174 Å². The van der Waals surface area contributed by atoms with E-state index in [-0.39, 0.29) is 22.7 Å². The Kier molecular flexibility index (Phi) is 5.07. The summed E-state index contributed by atoms with van der Waals surface area (Å²) in [6.45, 7) is 0.119. The molecular weight excluding hydrogens is 441 g/mol. The number of fused-ring (bicyclic) bond motifs is 3. The molecule has 7 heteroatoms. The van der Waals surface area contributed by atoms with E-state index in [1.807, 2.05) is 48.5 Å². The number of halogens is 2. The number of anilines is 1. The van der Waals surface area contributed by atoms with Crippen LogP contribution in [0.3, 0.4) is 0 Å². The molecule has 0 saturated heterocycles. The van der Waals surface area contributed by atoms with E-state index in [1.165, 1.54) is 6.07 Å². The summed E-state index contributed by atoms with van der Waals surface area (Å²) >= 11 is 2.95. The summed E-state index contributed by atoms with van der Waals surface area (Å²) in [6, 6.07) is 18.3. The molecule has 1 aliphatic carbocycles. The van der Waals surface area contributed by atoms with Gasteiger partial charge in [-0.3, -0.25) is 5.32 Å². The molecule has 3 aromatic carbocycles. The van der Waals surface area contributed by atoms with Gasteiger partial charge in [0.05, 0.1) is 10.0 Å². The normalized spacial score (nSPS) is 12.2. The highest BCUT2D eigenvalue weighted by molar-refractivity contribution is 9.10. The molecule has 146 valence electrons. The fraction of sp³-hybridized carbons (Fsp3) is 0.0909. The van der Waals surface area contributed by atoms with Crippen molar-refractivity contribution in [2.45, 2.75) is 5.92 Å². The molecule has 5 nitrogen and oxygen atoms in total. The molecule has 0 bridgehead atoms. The van der Waals surface area contributed by atoms with Crippen molar-refractivity contribution in [2.24, 2.45) is 0 Å². The van der Waals surface area contributed by atoms with Gasteiger partial charge >= 0.3 is 12.1 Å². The quantitative estimate of drug-likeness (QED) is 0.532. The monoisotopic (exact) mass is 455 g/mol. The van der Waals surface area contributed by atoms with Crippen LogP contribution in [0.25, 0.3) is 11.1 Å². The molecule has 4 rings (SSSR count). The van der Waals surface area contributed by atoms with Crippen molar-refractivity contribution < 1.29 is 23.8 Å². The number of carboxylic acids is 1. The summed E-state index contributed by atoms with van der Waals surface area (Å²) in [7, 11) is 0. The molecule has 0 radical (unpaired) electrons. The molecule has 2 N–H and O–H groups in total. The summed E-state index contributed by atoms with van der Waals surface area (Å²) in [5.41, 5.74) is 3.97. The Morgan fingerprint density at radius 1 is 1.03 bits per heavy atom. The van der Waals surface area contributed by atoms with Crippen LogP contribution in [-0.2, 0) is 4.74 Å². The second-order valence-corrected chi connectivity index (χ2v) is 7.43. The molecule has 29 heavy (non-hydrogen) atoms. The number of carbonyl (C=O) groups is 2. The number of rotatable bonds is 4. The molecule has 0 fully saturated rings. The summed E-state index contributed by atoms with van der Waals surface area (Å²) < 4.78 is 19.2. The third kappa shape index (κ3) is 3.61. The first-order valence-corrected chi connectivity index (χ1v) is 9.59. The average Bonchev–Trinajstić information content (AvgIpc) is 3.03. The van der Waals surface area contributed by atoms with Gasteiger partial charge in [0.1, 0.15) is 6.61 Å². The minimum absolute atomic E-state index is 0.0636. The molecule has 0 saturated carbocycles. The summed E-state index contributed by atoms with van der Waals surface area (Å²) in [5, 5.41) is 11.5. The van der Waals surface area contributed by atoms with Gasteiger partial charge in [0.15, 0.2) is 5.82 Å². The van der Waals surface area contributed by atoms with E-state index in [0.29, 0.717) is 0 Å². The lowest BCUT2D eigenvalue weighted by atomic mass is 9.98. The van der Waals surface area contributed by atoms with Crippen LogP contribution >= 0.6 is 15.9 Å². The molecule has 0 aliphatic heterocycles. The van der Waals surface area contributed by atoms with Crippen molar-refractivity contribution in [1.82, 2.24) is 0 Å². The fourth-order valence-corrected chi connectivity index (χ4v) is 4.03. The molecule has 0 heterocycles. The van der Waals surface area contributed by atoms with Crippen LogP contribution in [0.1, 0.15) is 27.4 Å². The Hall–Kier alpha value is -3.19. The van der Waals surface area contributed by atoms with Crippen LogP contribution in [-0.4, -0.2) is 23.8 Å². The minimum Gasteiger partial charge on any atom is -0.478 e. The van der Waals surface area contributed by atoms with Gasteiger partial charge in [-0.05, 0) is 50.3 Å². The van der Waals surface area contributed by atoms with E-state index < -0.39 is 23.4 Å². The maximum atomic E-state index is 13.8. The molecule has 0 unspecified atom stereocenters. The largest absolute Gasteiger partial charge is 0.478 e. The number of ether oxygens (including phenoxy) is 1. The van der Waals surface area contributed by atoms with Crippen molar-refractivity contribution in [1.29, 1.82) is 0 Å². The van der Waals surface area contributed by atoms with Gasteiger partial charge in [0.2, 0.25) is 0 Å². The molecule has 1 amide bonds. The van der Waals surface area contributed by atoms with Gasteiger partial charge < -0.3 is 9.84 Å². The van der Waals surface area contributed by atoms with Gasteiger partial charge in [-0.2, -0.15) is 0 Å². The highest BCUT2D eigenvalue weighted by atomic mass is 79.9. The van der Waals surface area contributed by atoms with Crippen molar-refractivity contribution in [3.63, 3.8) is 0 Å². The molecule has 1 aliphatic rings. The van der Waals surface area contributed by atoms with E-state index >= 15 is 0 Å². The number of hydrogen-bond acceptors (Lipinski definition) is 3. The van der Waals surface area contributed by atoms with E-state index in [1.54, 1.807) is 0 Å². The molecule has 0 atom stereocenters. The first-order chi connectivity index (χ1) is 14.0. The highest BCUT2D eigenvalue weighted by Gasteiger charge is 2.29. The summed E-state index contributed by atoms with van der Waals surface area (Å²) in [4.78, 5) is 23.4. The second-order valence-electron chi connectivity index (χ2n) is 6.58. The van der Waals surface area contributed by atoms with E-state index in [0.717, 1.165) is 28.3 Å². The van der Waals surface area contributed by atoms with Gasteiger partial charge in [0, 0.05) is 11.6 Å². The van der Waals surface area contributed by atoms with Gasteiger partial charge in [-0.1, -0.05) is 48.5 Å². The van der Waals surface area contributed by atoms with Crippen LogP contribution in [0.2, 0.25) is 0 Å². The third-order valence-corrected chi connectivity index (χ3v) is 5.43. The predicted molar refractivity (Wildman–Crippen MR) is 110 cm³/mol. The lowest BCUT2D eigenvalue weighted by Gasteiger charge is -2.15. The summed E-state index contributed by atoms with van der Waals surface area (Å²) in [5.74, 6) is -2.43. The molecule has 0 aromatic heterocycles. The van der Waals surface area contributed by atoms with Crippen molar-refractivity contribution in [3.8, 4) is 11.1 Å². The topological polar surface area (TPSA) is 75.6 Å². The Balaban J connectivity index is 1.51. The smallest absolute Gasteiger partial charge is 0.411 e. The van der Waals surface area contributed by atoms with Crippen LogP contribution in [0.15, 0.2) is 65.1 Å². The molecular formula is C22H15BrFNO4. The lowest BCUT2D eigenvalue weighted by Crippen LogP contribution is -2.18. The summed E-state index contributed by atoms with van der Waals surface area (Å²) in [6.07, 6.45) is -0.748. The maximum absolute atomic E-state index is 13.8. The second kappa shape index (κ2) is 7.67. The number of carboxylic acid groups (broad SMARTS) is 1. The number of hydrogen-bond donors (Lipinski definition) is 2. The SMILES string of the molecule is O=C(Nc1cc(Br)c(F)c(C(=O)O)c1)OCC1c2ccccc2-c2ccccc21. The number of aromatic carboxylic acids is 1. The number of benzene rings is 3. The lowest BCUT2D eigenvalue weighted by molar-refractivity contribution is 0.0691. The minimum atomic E-state index is -1.43. The number of carbonyl (C=O) groups excluding carboxylic acids is 1. The van der Waals surface area contributed by atoms with Crippen LogP contribution in [0.4, 0.5) is 14.9 Å². The van der Waals surface area contributed by atoms with Crippen molar-refractivity contribution >= 4 is 33.7 Å². The Bertz CT molecular complexity index is 1090. The van der Waals surface area contributed by atoms with E-state index in [2.05, 4.69) is 21.2 Å². The fourth-order valence-electron chi connectivity index (χ4n) is 3.57. The van der Waals surface area contributed by atoms with Gasteiger partial charge in [0.25, 0.3) is 0 Å². The molecule has 3 aromatic rings. The Morgan fingerprint density at radius 3 is 2.21 bits per heavy atom. The van der Waals surface area contributed by atoms with Gasteiger partial charge in [-0.15, -0.1) is 0 Å². The van der Waals surface area contributed by atoms with E-state index in [4.69, 9.17) is 9.84 Å². The predicted octanol–water partition coefficient (Wildman–Crippen LogP) is 5.65.